The van der Waals surface area contributed by atoms with Crippen LogP contribution in [-0.4, -0.2) is 115 Å². The van der Waals surface area contributed by atoms with Crippen molar-refractivity contribution in [3.05, 3.63) is 30.5 Å². The fourth-order valence-electron chi connectivity index (χ4n) is 4.92. The highest BCUT2D eigenvalue weighted by Crippen LogP contribution is 2.32. The number of urea groups is 1. The molecule has 5 rings (SSSR count). The topological polar surface area (TPSA) is 130 Å². The van der Waals surface area contributed by atoms with E-state index in [1.54, 1.807) is 11.9 Å². The van der Waals surface area contributed by atoms with E-state index in [-0.39, 0.29) is 18.2 Å². The summed E-state index contributed by atoms with van der Waals surface area (Å²) >= 11 is 0. The van der Waals surface area contributed by atoms with Gasteiger partial charge in [0.15, 0.2) is 11.5 Å². The van der Waals surface area contributed by atoms with Crippen molar-refractivity contribution in [3.63, 3.8) is 0 Å². The number of fused-ring (bicyclic) bond motifs is 1. The van der Waals surface area contributed by atoms with Crippen molar-refractivity contribution >= 4 is 34.7 Å². The van der Waals surface area contributed by atoms with E-state index < -0.39 is 0 Å². The van der Waals surface area contributed by atoms with E-state index in [9.17, 15) is 9.59 Å². The molecule has 2 fully saturated rings. The molecule has 0 unspecified atom stereocenters. The molecule has 0 bridgehead atoms. The monoisotopic (exact) mass is 551 g/mol. The lowest BCUT2D eigenvalue weighted by atomic mass is 10.1. The van der Waals surface area contributed by atoms with Crippen molar-refractivity contribution in [3.8, 4) is 11.4 Å². The Hall–Kier alpha value is -3.97. The molecule has 2 aliphatic heterocycles. The number of morpholine rings is 1. The van der Waals surface area contributed by atoms with E-state index in [0.29, 0.717) is 51.0 Å². The standard InChI is InChI=1S/C27H37N9O4/c1-28-26(37)30-20-6-4-19(5-7-20)23-31-24(34-13-15-39-16-14-34)22-18-29-36(25(22)32-23)21-8-10-35(11-9-21)27(38)40-17-12-33(2)3/h4-7,18,21H,8-17H2,1-3H3,(H2,28,30,37). The number of ether oxygens (including phenoxy) is 2. The zero-order chi connectivity index (χ0) is 28.1. The summed E-state index contributed by atoms with van der Waals surface area (Å²) in [5.41, 5.74) is 2.28. The molecular weight excluding hydrogens is 514 g/mol. The molecule has 0 aliphatic carbocycles. The highest BCUT2D eigenvalue weighted by molar-refractivity contribution is 5.90. The number of benzene rings is 1. The SMILES string of the molecule is CNC(=O)Nc1ccc(-c2nc(N3CCOCC3)c3cnn(C4CCN(C(=O)OCCN(C)C)CC4)c3n2)cc1. The van der Waals surface area contributed by atoms with Crippen LogP contribution < -0.4 is 15.5 Å². The van der Waals surface area contributed by atoms with Crippen LogP contribution in [-0.2, 0) is 9.47 Å². The van der Waals surface area contributed by atoms with Gasteiger partial charge in [-0.25, -0.2) is 24.2 Å². The number of carbonyl (C=O) groups excluding carboxylic acids is 2. The van der Waals surface area contributed by atoms with Crippen molar-refractivity contribution in [1.82, 2.24) is 34.9 Å². The summed E-state index contributed by atoms with van der Waals surface area (Å²) in [5, 5.41) is 11.0. The normalized spacial score (nSPS) is 16.4. The molecule has 2 saturated heterocycles. The minimum absolute atomic E-state index is 0.0998. The van der Waals surface area contributed by atoms with Gasteiger partial charge in [0, 0.05) is 51.0 Å². The molecule has 214 valence electrons. The molecule has 0 atom stereocenters. The fraction of sp³-hybridized carbons (Fsp3) is 0.519. The van der Waals surface area contributed by atoms with Crippen molar-refractivity contribution in [2.45, 2.75) is 18.9 Å². The summed E-state index contributed by atoms with van der Waals surface area (Å²) in [4.78, 5) is 40.1. The summed E-state index contributed by atoms with van der Waals surface area (Å²) in [6, 6.07) is 7.28. The zero-order valence-corrected chi connectivity index (χ0v) is 23.3. The minimum atomic E-state index is -0.281. The van der Waals surface area contributed by atoms with E-state index in [2.05, 4.69) is 15.5 Å². The van der Waals surface area contributed by atoms with Crippen LogP contribution in [0.2, 0.25) is 0 Å². The Balaban J connectivity index is 1.39. The van der Waals surface area contributed by atoms with Crippen molar-refractivity contribution in [1.29, 1.82) is 0 Å². The number of amides is 3. The first kappa shape index (κ1) is 27.6. The van der Waals surface area contributed by atoms with Crippen LogP contribution in [0.1, 0.15) is 18.9 Å². The Morgan fingerprint density at radius 1 is 1.07 bits per heavy atom. The molecule has 2 aromatic heterocycles. The molecule has 13 nitrogen and oxygen atoms in total. The molecule has 13 heteroatoms. The van der Waals surface area contributed by atoms with Gasteiger partial charge in [-0.05, 0) is 51.2 Å². The highest BCUT2D eigenvalue weighted by atomic mass is 16.6. The lowest BCUT2D eigenvalue weighted by Gasteiger charge is -2.32. The van der Waals surface area contributed by atoms with Gasteiger partial charge in [0.25, 0.3) is 0 Å². The molecule has 40 heavy (non-hydrogen) atoms. The van der Waals surface area contributed by atoms with Crippen LogP contribution in [0, 0.1) is 0 Å². The maximum Gasteiger partial charge on any atom is 0.409 e. The number of aromatic nitrogens is 4. The van der Waals surface area contributed by atoms with E-state index in [0.717, 1.165) is 48.3 Å². The molecule has 2 aliphatic rings. The number of carbonyl (C=O) groups is 2. The second-order valence-electron chi connectivity index (χ2n) is 10.2. The molecule has 0 saturated carbocycles. The Kier molecular flexibility index (Phi) is 8.60. The first-order valence-corrected chi connectivity index (χ1v) is 13.7. The third-order valence-corrected chi connectivity index (χ3v) is 7.20. The maximum absolute atomic E-state index is 12.5. The summed E-state index contributed by atoms with van der Waals surface area (Å²) in [6.45, 7) is 5.02. The van der Waals surface area contributed by atoms with Gasteiger partial charge in [0.05, 0.1) is 30.8 Å². The molecule has 4 heterocycles. The van der Waals surface area contributed by atoms with Gasteiger partial charge in [-0.3, -0.25) is 0 Å². The zero-order valence-electron chi connectivity index (χ0n) is 23.3. The van der Waals surface area contributed by atoms with Gasteiger partial charge in [0.2, 0.25) is 0 Å². The first-order chi connectivity index (χ1) is 19.4. The van der Waals surface area contributed by atoms with Crippen LogP contribution in [0.3, 0.4) is 0 Å². The molecular formula is C27H37N9O4. The molecule has 0 radical (unpaired) electrons. The van der Waals surface area contributed by atoms with Crippen molar-refractivity contribution < 1.29 is 19.1 Å². The Labute approximate surface area is 233 Å². The summed E-state index contributed by atoms with van der Waals surface area (Å²) in [5.74, 6) is 1.42. The van der Waals surface area contributed by atoms with Crippen LogP contribution in [0.25, 0.3) is 22.4 Å². The van der Waals surface area contributed by atoms with Crippen molar-refractivity contribution in [2.24, 2.45) is 0 Å². The number of nitrogens with one attached hydrogen (secondary N) is 2. The largest absolute Gasteiger partial charge is 0.448 e. The van der Waals surface area contributed by atoms with Gasteiger partial charge in [-0.15, -0.1) is 0 Å². The fourth-order valence-corrected chi connectivity index (χ4v) is 4.92. The average molecular weight is 552 g/mol. The highest BCUT2D eigenvalue weighted by Gasteiger charge is 2.28. The minimum Gasteiger partial charge on any atom is -0.448 e. The Morgan fingerprint density at radius 3 is 2.48 bits per heavy atom. The third-order valence-electron chi connectivity index (χ3n) is 7.20. The number of hydrogen-bond donors (Lipinski definition) is 2. The second-order valence-corrected chi connectivity index (χ2v) is 10.2. The van der Waals surface area contributed by atoms with E-state index in [1.165, 1.54) is 0 Å². The van der Waals surface area contributed by atoms with Gasteiger partial charge in [0.1, 0.15) is 12.4 Å². The van der Waals surface area contributed by atoms with Gasteiger partial charge >= 0.3 is 12.1 Å². The van der Waals surface area contributed by atoms with E-state index >= 15 is 0 Å². The van der Waals surface area contributed by atoms with Gasteiger partial charge in [-0.2, -0.15) is 5.10 Å². The second kappa shape index (κ2) is 12.5. The van der Waals surface area contributed by atoms with Crippen LogP contribution in [0.4, 0.5) is 21.1 Å². The number of likely N-dealkylation sites (N-methyl/N-ethyl adjacent to an activating group) is 1. The average Bonchev–Trinajstić information content (AvgIpc) is 3.41. The number of rotatable bonds is 7. The van der Waals surface area contributed by atoms with Crippen LogP contribution in [0.5, 0.6) is 0 Å². The summed E-state index contributed by atoms with van der Waals surface area (Å²) in [6.07, 6.45) is 3.10. The first-order valence-electron chi connectivity index (χ1n) is 13.7. The number of nitrogens with zero attached hydrogens (tertiary/aromatic N) is 7. The predicted octanol–water partition coefficient (Wildman–Crippen LogP) is 2.42. The smallest absolute Gasteiger partial charge is 0.409 e. The molecule has 1 aromatic carbocycles. The molecule has 3 amide bonds. The summed E-state index contributed by atoms with van der Waals surface area (Å²) < 4.78 is 13.0. The quantitative estimate of drug-likeness (QED) is 0.455. The lowest BCUT2D eigenvalue weighted by Crippen LogP contribution is -2.40. The number of piperidine rings is 1. The Bertz CT molecular complexity index is 1310. The Morgan fingerprint density at radius 2 is 1.80 bits per heavy atom. The van der Waals surface area contributed by atoms with Crippen molar-refractivity contribution in [2.75, 3.05) is 83.9 Å². The summed E-state index contributed by atoms with van der Waals surface area (Å²) in [7, 11) is 5.48. The lowest BCUT2D eigenvalue weighted by molar-refractivity contribution is 0.0828. The predicted molar refractivity (Wildman–Crippen MR) is 152 cm³/mol. The number of anilines is 2. The molecule has 2 N–H and O–H groups in total. The molecule has 3 aromatic rings. The third kappa shape index (κ3) is 6.26. The van der Waals surface area contributed by atoms with E-state index in [1.807, 2.05) is 54.1 Å². The van der Waals surface area contributed by atoms with Crippen LogP contribution in [0.15, 0.2) is 30.5 Å². The van der Waals surface area contributed by atoms with Gasteiger partial charge in [-0.1, -0.05) is 0 Å². The number of hydrogen-bond acceptors (Lipinski definition) is 9. The number of likely N-dealkylation sites (tertiary alicyclic amines) is 1. The molecule has 0 spiro atoms. The van der Waals surface area contributed by atoms with Gasteiger partial charge < -0.3 is 34.8 Å². The van der Waals surface area contributed by atoms with Crippen LogP contribution >= 0.6 is 0 Å². The van der Waals surface area contributed by atoms with E-state index in [4.69, 9.17) is 24.5 Å². The maximum atomic E-state index is 12.5.